The maximum absolute atomic E-state index is 5.82. The van der Waals surface area contributed by atoms with E-state index in [-0.39, 0.29) is 6.04 Å². The molecule has 0 aliphatic rings. The van der Waals surface area contributed by atoms with Gasteiger partial charge in [0, 0.05) is 11.4 Å². The summed E-state index contributed by atoms with van der Waals surface area (Å²) in [6.07, 6.45) is 5.32. The number of hydrogen-bond donors (Lipinski definition) is 0. The van der Waals surface area contributed by atoms with Gasteiger partial charge in [0.2, 0.25) is 0 Å². The summed E-state index contributed by atoms with van der Waals surface area (Å²) in [5.41, 5.74) is 0. The van der Waals surface area contributed by atoms with Crippen molar-refractivity contribution in [1.82, 2.24) is 4.90 Å². The van der Waals surface area contributed by atoms with Crippen molar-refractivity contribution in [2.24, 2.45) is 0 Å². The summed E-state index contributed by atoms with van der Waals surface area (Å²) in [7, 11) is 2.01. The highest BCUT2D eigenvalue weighted by atomic mass is 35.5. The first-order chi connectivity index (χ1) is 6.13. The van der Waals surface area contributed by atoms with E-state index in [1.165, 1.54) is 4.88 Å². The summed E-state index contributed by atoms with van der Waals surface area (Å²) in [4.78, 5) is 3.36. The monoisotopic (exact) mass is 213 g/mol. The highest BCUT2D eigenvalue weighted by Crippen LogP contribution is 2.22. The SMILES string of the molecule is C#CC(C)N(C)Cc1ccc(Cl)s1. The van der Waals surface area contributed by atoms with Crippen LogP contribution in [-0.2, 0) is 6.54 Å². The number of hydrogen-bond acceptors (Lipinski definition) is 2. The third-order valence-electron chi connectivity index (χ3n) is 1.94. The van der Waals surface area contributed by atoms with E-state index in [1.807, 2.05) is 26.1 Å². The quantitative estimate of drug-likeness (QED) is 0.698. The minimum absolute atomic E-state index is 0.167. The summed E-state index contributed by atoms with van der Waals surface area (Å²) >= 11 is 7.42. The third-order valence-corrected chi connectivity index (χ3v) is 3.15. The Balaban J connectivity index is 2.55. The molecule has 1 aromatic heterocycles. The number of terminal acetylenes is 1. The fraction of sp³-hybridized carbons (Fsp3) is 0.400. The normalized spacial score (nSPS) is 12.8. The van der Waals surface area contributed by atoms with Crippen LogP contribution in [0.25, 0.3) is 0 Å². The van der Waals surface area contributed by atoms with E-state index in [4.69, 9.17) is 18.0 Å². The van der Waals surface area contributed by atoms with Crippen molar-refractivity contribution in [1.29, 1.82) is 0 Å². The number of halogens is 1. The van der Waals surface area contributed by atoms with Gasteiger partial charge in [-0.1, -0.05) is 17.5 Å². The lowest BCUT2D eigenvalue weighted by atomic mass is 10.3. The largest absolute Gasteiger partial charge is 0.288 e. The molecule has 0 N–H and O–H groups in total. The Hall–Kier alpha value is -0.490. The van der Waals surface area contributed by atoms with Gasteiger partial charge in [0.15, 0.2) is 0 Å². The van der Waals surface area contributed by atoms with E-state index in [2.05, 4.69) is 10.8 Å². The van der Waals surface area contributed by atoms with E-state index in [9.17, 15) is 0 Å². The van der Waals surface area contributed by atoms with Crippen LogP contribution in [0.1, 0.15) is 11.8 Å². The molecule has 0 aliphatic carbocycles. The lowest BCUT2D eigenvalue weighted by molar-refractivity contribution is 0.299. The Labute approximate surface area is 88.3 Å². The molecule has 1 heterocycles. The average Bonchev–Trinajstić information content (AvgIpc) is 2.49. The summed E-state index contributed by atoms with van der Waals surface area (Å²) in [6.45, 7) is 2.87. The first-order valence-corrected chi connectivity index (χ1v) is 5.23. The molecular formula is C10H12ClNS. The molecule has 0 saturated heterocycles. The minimum atomic E-state index is 0.167. The van der Waals surface area contributed by atoms with Gasteiger partial charge in [0.05, 0.1) is 10.4 Å². The van der Waals surface area contributed by atoms with Crippen LogP contribution in [0.5, 0.6) is 0 Å². The Morgan fingerprint density at radius 3 is 2.85 bits per heavy atom. The second kappa shape index (κ2) is 4.66. The average molecular weight is 214 g/mol. The fourth-order valence-corrected chi connectivity index (χ4v) is 2.10. The molecule has 0 fully saturated rings. The van der Waals surface area contributed by atoms with E-state index in [1.54, 1.807) is 11.3 Å². The smallest absolute Gasteiger partial charge is 0.0931 e. The van der Waals surface area contributed by atoms with E-state index >= 15 is 0 Å². The van der Waals surface area contributed by atoms with E-state index < -0.39 is 0 Å². The lowest BCUT2D eigenvalue weighted by Crippen LogP contribution is -2.26. The summed E-state index contributed by atoms with van der Waals surface area (Å²) in [6, 6.07) is 4.11. The van der Waals surface area contributed by atoms with Gasteiger partial charge in [-0.25, -0.2) is 0 Å². The van der Waals surface area contributed by atoms with Crippen LogP contribution in [-0.4, -0.2) is 18.0 Å². The molecule has 0 aliphatic heterocycles. The highest BCUT2D eigenvalue weighted by Gasteiger charge is 2.07. The molecule has 13 heavy (non-hydrogen) atoms. The van der Waals surface area contributed by atoms with Crippen LogP contribution in [0.2, 0.25) is 4.34 Å². The van der Waals surface area contributed by atoms with Gasteiger partial charge in [0.25, 0.3) is 0 Å². The number of nitrogens with zero attached hydrogens (tertiary/aromatic N) is 1. The van der Waals surface area contributed by atoms with Gasteiger partial charge in [0.1, 0.15) is 0 Å². The molecule has 0 saturated carbocycles. The summed E-state index contributed by atoms with van der Waals surface area (Å²) < 4.78 is 0.830. The maximum atomic E-state index is 5.82. The molecule has 3 heteroatoms. The molecular weight excluding hydrogens is 202 g/mol. The molecule has 70 valence electrons. The van der Waals surface area contributed by atoms with Crippen LogP contribution in [0.15, 0.2) is 12.1 Å². The zero-order chi connectivity index (χ0) is 9.84. The number of rotatable bonds is 3. The van der Waals surface area contributed by atoms with Gasteiger partial charge in [-0.2, -0.15) is 0 Å². The van der Waals surface area contributed by atoms with Gasteiger partial charge < -0.3 is 0 Å². The van der Waals surface area contributed by atoms with Crippen LogP contribution in [0.4, 0.5) is 0 Å². The first-order valence-electron chi connectivity index (χ1n) is 4.04. The van der Waals surface area contributed by atoms with Crippen molar-refractivity contribution in [3.05, 3.63) is 21.3 Å². The fourth-order valence-electron chi connectivity index (χ4n) is 0.947. The standard InChI is InChI=1S/C10H12ClNS/c1-4-8(2)12(3)7-9-5-6-10(11)13-9/h1,5-6,8H,7H2,2-3H3. The molecule has 0 aromatic carbocycles. The molecule has 1 nitrogen and oxygen atoms in total. The third kappa shape index (κ3) is 3.04. The van der Waals surface area contributed by atoms with Crippen LogP contribution in [0, 0.1) is 12.3 Å². The molecule has 0 bridgehead atoms. The van der Waals surface area contributed by atoms with Crippen LogP contribution >= 0.6 is 22.9 Å². The van der Waals surface area contributed by atoms with Gasteiger partial charge in [-0.05, 0) is 26.1 Å². The predicted molar refractivity (Wildman–Crippen MR) is 59.1 cm³/mol. The summed E-state index contributed by atoms with van der Waals surface area (Å²) in [5, 5.41) is 0. The van der Waals surface area contributed by atoms with Crippen molar-refractivity contribution in [3.63, 3.8) is 0 Å². The first kappa shape index (κ1) is 10.6. The Kier molecular flexibility index (Phi) is 3.80. The van der Waals surface area contributed by atoms with Crippen molar-refractivity contribution >= 4 is 22.9 Å². The highest BCUT2D eigenvalue weighted by molar-refractivity contribution is 7.16. The van der Waals surface area contributed by atoms with Crippen molar-refractivity contribution in [2.75, 3.05) is 7.05 Å². The number of thiophene rings is 1. The topological polar surface area (TPSA) is 3.24 Å². The van der Waals surface area contributed by atoms with E-state index in [0.717, 1.165) is 10.9 Å². The van der Waals surface area contributed by atoms with Gasteiger partial charge >= 0.3 is 0 Å². The van der Waals surface area contributed by atoms with Crippen LogP contribution in [0.3, 0.4) is 0 Å². The molecule has 1 rings (SSSR count). The molecule has 1 unspecified atom stereocenters. The lowest BCUT2D eigenvalue weighted by Gasteiger charge is -2.18. The minimum Gasteiger partial charge on any atom is -0.288 e. The molecule has 1 aromatic rings. The molecule has 0 spiro atoms. The second-order valence-corrected chi connectivity index (χ2v) is 4.76. The van der Waals surface area contributed by atoms with Gasteiger partial charge in [-0.3, -0.25) is 4.90 Å². The van der Waals surface area contributed by atoms with Crippen molar-refractivity contribution in [3.8, 4) is 12.3 Å². The zero-order valence-electron chi connectivity index (χ0n) is 7.75. The second-order valence-electron chi connectivity index (χ2n) is 2.96. The van der Waals surface area contributed by atoms with E-state index in [0.29, 0.717) is 0 Å². The Morgan fingerprint density at radius 2 is 2.38 bits per heavy atom. The maximum Gasteiger partial charge on any atom is 0.0931 e. The Bertz CT molecular complexity index is 313. The van der Waals surface area contributed by atoms with Crippen molar-refractivity contribution < 1.29 is 0 Å². The molecule has 0 amide bonds. The predicted octanol–water partition coefficient (Wildman–Crippen LogP) is 2.86. The zero-order valence-corrected chi connectivity index (χ0v) is 9.32. The van der Waals surface area contributed by atoms with Gasteiger partial charge in [-0.15, -0.1) is 17.8 Å². The molecule has 0 radical (unpaired) electrons. The summed E-state index contributed by atoms with van der Waals surface area (Å²) in [5.74, 6) is 2.69. The Morgan fingerprint density at radius 1 is 1.69 bits per heavy atom. The van der Waals surface area contributed by atoms with Crippen LogP contribution < -0.4 is 0 Å². The van der Waals surface area contributed by atoms with Crippen molar-refractivity contribution in [2.45, 2.75) is 19.5 Å². The molecule has 1 atom stereocenters.